The summed E-state index contributed by atoms with van der Waals surface area (Å²) in [6.45, 7) is 2.35. The van der Waals surface area contributed by atoms with E-state index in [1.807, 2.05) is 6.20 Å². The van der Waals surface area contributed by atoms with Crippen LogP contribution in [0.15, 0.2) is 12.4 Å². The fourth-order valence-corrected chi connectivity index (χ4v) is 2.57. The molecule has 1 aliphatic carbocycles. The first-order valence-corrected chi connectivity index (χ1v) is 6.03. The molecule has 1 aromatic heterocycles. The highest BCUT2D eigenvalue weighted by molar-refractivity contribution is 14.1. The van der Waals surface area contributed by atoms with Gasteiger partial charge in [0.05, 0.1) is 15.8 Å². The summed E-state index contributed by atoms with van der Waals surface area (Å²) in [4.78, 5) is 0. The second-order valence-electron chi connectivity index (χ2n) is 4.06. The normalized spacial score (nSPS) is 29.1. The second-order valence-corrected chi connectivity index (χ2v) is 5.31. The average Bonchev–Trinajstić information content (AvgIpc) is 2.52. The molecule has 0 aromatic carbocycles. The lowest BCUT2D eigenvalue weighted by molar-refractivity contribution is 0.266. The Morgan fingerprint density at radius 1 is 1.54 bits per heavy atom. The van der Waals surface area contributed by atoms with E-state index in [1.165, 1.54) is 29.3 Å². The molecular formula is C10H15IN2. The van der Waals surface area contributed by atoms with E-state index in [1.54, 1.807) is 0 Å². The molecule has 0 aliphatic heterocycles. The van der Waals surface area contributed by atoms with Crippen molar-refractivity contribution in [3.63, 3.8) is 0 Å². The van der Waals surface area contributed by atoms with Crippen molar-refractivity contribution in [3.8, 4) is 0 Å². The van der Waals surface area contributed by atoms with Gasteiger partial charge in [-0.25, -0.2) is 0 Å². The molecule has 0 bridgehead atoms. The standard InChI is InChI=1S/C10H15IN2/c1-8-3-2-4-10(5-8)13-7-9(11)6-12-13/h6-8,10H,2-5H2,1H3. The molecule has 2 rings (SSSR count). The molecule has 13 heavy (non-hydrogen) atoms. The first-order valence-electron chi connectivity index (χ1n) is 4.95. The molecular weight excluding hydrogens is 275 g/mol. The molecule has 1 saturated carbocycles. The lowest BCUT2D eigenvalue weighted by Crippen LogP contribution is -2.17. The zero-order valence-corrected chi connectivity index (χ0v) is 10.1. The van der Waals surface area contributed by atoms with E-state index in [9.17, 15) is 0 Å². The SMILES string of the molecule is CC1CCCC(n2cc(I)cn2)C1. The fourth-order valence-electron chi connectivity index (χ4n) is 2.16. The smallest absolute Gasteiger partial charge is 0.0623 e. The van der Waals surface area contributed by atoms with Gasteiger partial charge >= 0.3 is 0 Å². The third-order valence-electron chi connectivity index (χ3n) is 2.85. The van der Waals surface area contributed by atoms with Crippen LogP contribution in [0, 0.1) is 9.49 Å². The zero-order chi connectivity index (χ0) is 9.26. The number of halogens is 1. The minimum absolute atomic E-state index is 0.660. The molecule has 1 aromatic rings. The molecule has 0 N–H and O–H groups in total. The summed E-state index contributed by atoms with van der Waals surface area (Å²) < 4.78 is 3.40. The van der Waals surface area contributed by atoms with Crippen LogP contribution in [0.1, 0.15) is 38.6 Å². The van der Waals surface area contributed by atoms with Crippen LogP contribution in [0.4, 0.5) is 0 Å². The Balaban J connectivity index is 2.08. The van der Waals surface area contributed by atoms with Gasteiger partial charge in [0.15, 0.2) is 0 Å². The number of rotatable bonds is 1. The van der Waals surface area contributed by atoms with Gasteiger partial charge in [-0.3, -0.25) is 4.68 Å². The van der Waals surface area contributed by atoms with Gasteiger partial charge in [0, 0.05) is 6.20 Å². The molecule has 2 atom stereocenters. The van der Waals surface area contributed by atoms with E-state index in [0.29, 0.717) is 6.04 Å². The minimum atomic E-state index is 0.660. The van der Waals surface area contributed by atoms with Crippen LogP contribution in [0.2, 0.25) is 0 Å². The van der Waals surface area contributed by atoms with Crippen molar-refractivity contribution in [3.05, 3.63) is 16.0 Å². The van der Waals surface area contributed by atoms with E-state index in [-0.39, 0.29) is 0 Å². The van der Waals surface area contributed by atoms with Crippen LogP contribution < -0.4 is 0 Å². The monoisotopic (exact) mass is 290 g/mol. The summed E-state index contributed by atoms with van der Waals surface area (Å²) in [6, 6.07) is 0.660. The third-order valence-corrected chi connectivity index (χ3v) is 3.41. The fraction of sp³-hybridized carbons (Fsp3) is 0.700. The molecule has 2 unspecified atom stereocenters. The maximum Gasteiger partial charge on any atom is 0.0623 e. The van der Waals surface area contributed by atoms with Gasteiger partial charge in [-0.15, -0.1) is 0 Å². The first-order chi connectivity index (χ1) is 6.25. The van der Waals surface area contributed by atoms with Gasteiger partial charge < -0.3 is 0 Å². The van der Waals surface area contributed by atoms with Crippen LogP contribution in [0.25, 0.3) is 0 Å². The van der Waals surface area contributed by atoms with Crippen LogP contribution in [0.5, 0.6) is 0 Å². The van der Waals surface area contributed by atoms with Crippen LogP contribution in [-0.2, 0) is 0 Å². The number of aromatic nitrogens is 2. The lowest BCUT2D eigenvalue weighted by atomic mass is 9.87. The van der Waals surface area contributed by atoms with Gasteiger partial charge in [-0.1, -0.05) is 19.8 Å². The van der Waals surface area contributed by atoms with Crippen LogP contribution >= 0.6 is 22.6 Å². The number of hydrogen-bond donors (Lipinski definition) is 0. The van der Waals surface area contributed by atoms with Crippen molar-refractivity contribution >= 4 is 22.6 Å². The molecule has 0 amide bonds. The van der Waals surface area contributed by atoms with E-state index >= 15 is 0 Å². The Bertz CT molecular complexity index is 282. The Hall–Kier alpha value is -0.0600. The highest BCUT2D eigenvalue weighted by Crippen LogP contribution is 2.31. The first kappa shape index (κ1) is 9.49. The molecule has 0 saturated heterocycles. The molecule has 1 heterocycles. The van der Waals surface area contributed by atoms with E-state index in [2.05, 4.69) is 45.5 Å². The highest BCUT2D eigenvalue weighted by Gasteiger charge is 2.20. The quantitative estimate of drug-likeness (QED) is 0.726. The third kappa shape index (κ3) is 2.24. The van der Waals surface area contributed by atoms with Crippen molar-refractivity contribution in [1.29, 1.82) is 0 Å². The van der Waals surface area contributed by atoms with E-state index in [0.717, 1.165) is 5.92 Å². The van der Waals surface area contributed by atoms with E-state index < -0.39 is 0 Å². The van der Waals surface area contributed by atoms with Gasteiger partial charge in [-0.2, -0.15) is 5.10 Å². The van der Waals surface area contributed by atoms with Crippen molar-refractivity contribution in [2.75, 3.05) is 0 Å². The van der Waals surface area contributed by atoms with Gasteiger partial charge in [-0.05, 0) is 41.4 Å². The summed E-state index contributed by atoms with van der Waals surface area (Å²) in [7, 11) is 0. The predicted octanol–water partition coefficient (Wildman–Crippen LogP) is 3.24. The van der Waals surface area contributed by atoms with Crippen molar-refractivity contribution in [1.82, 2.24) is 9.78 Å². The summed E-state index contributed by atoms with van der Waals surface area (Å²) in [5, 5.41) is 4.38. The van der Waals surface area contributed by atoms with Crippen molar-refractivity contribution < 1.29 is 0 Å². The van der Waals surface area contributed by atoms with Gasteiger partial charge in [0.25, 0.3) is 0 Å². The van der Waals surface area contributed by atoms with Crippen LogP contribution in [-0.4, -0.2) is 9.78 Å². The lowest BCUT2D eigenvalue weighted by Gasteiger charge is -2.26. The minimum Gasteiger partial charge on any atom is -0.269 e. The highest BCUT2D eigenvalue weighted by atomic mass is 127. The summed E-state index contributed by atoms with van der Waals surface area (Å²) in [5.74, 6) is 0.876. The predicted molar refractivity (Wildman–Crippen MR) is 61.6 cm³/mol. The van der Waals surface area contributed by atoms with Gasteiger partial charge in [0.2, 0.25) is 0 Å². The summed E-state index contributed by atoms with van der Waals surface area (Å²) in [6.07, 6.45) is 9.47. The Kier molecular flexibility index (Phi) is 2.91. The number of nitrogens with zero attached hydrogens (tertiary/aromatic N) is 2. The molecule has 1 aliphatic rings. The Morgan fingerprint density at radius 2 is 2.38 bits per heavy atom. The van der Waals surface area contributed by atoms with Crippen molar-refractivity contribution in [2.24, 2.45) is 5.92 Å². The summed E-state index contributed by atoms with van der Waals surface area (Å²) >= 11 is 2.32. The Morgan fingerprint density at radius 3 is 3.00 bits per heavy atom. The molecule has 3 heteroatoms. The number of hydrogen-bond acceptors (Lipinski definition) is 1. The average molecular weight is 290 g/mol. The largest absolute Gasteiger partial charge is 0.269 e. The maximum atomic E-state index is 4.38. The maximum absolute atomic E-state index is 4.38. The molecule has 0 spiro atoms. The van der Waals surface area contributed by atoms with Gasteiger partial charge in [0.1, 0.15) is 0 Å². The van der Waals surface area contributed by atoms with E-state index in [4.69, 9.17) is 0 Å². The van der Waals surface area contributed by atoms with Crippen LogP contribution in [0.3, 0.4) is 0 Å². The Labute approximate surface area is 92.8 Å². The molecule has 1 fully saturated rings. The molecule has 72 valence electrons. The van der Waals surface area contributed by atoms with Crippen molar-refractivity contribution in [2.45, 2.75) is 38.6 Å². The topological polar surface area (TPSA) is 17.8 Å². The summed E-state index contributed by atoms with van der Waals surface area (Å²) in [5.41, 5.74) is 0. The molecule has 0 radical (unpaired) electrons. The second kappa shape index (κ2) is 3.98. The zero-order valence-electron chi connectivity index (χ0n) is 7.91. The molecule has 2 nitrogen and oxygen atoms in total.